The van der Waals surface area contributed by atoms with Crippen molar-refractivity contribution in [3.8, 4) is 11.8 Å². The summed E-state index contributed by atoms with van der Waals surface area (Å²) in [7, 11) is 0. The zero-order valence-electron chi connectivity index (χ0n) is 11.0. The molecule has 19 heavy (non-hydrogen) atoms. The summed E-state index contributed by atoms with van der Waals surface area (Å²) < 4.78 is 0. The number of aryl methyl sites for hydroxylation is 1. The predicted molar refractivity (Wildman–Crippen MR) is 76.1 cm³/mol. The third-order valence-corrected chi connectivity index (χ3v) is 4.32. The monoisotopic (exact) mass is 278 g/mol. The number of rotatable bonds is 1. The molecule has 0 aromatic carbocycles. The highest BCUT2D eigenvalue weighted by Gasteiger charge is 2.23. The second-order valence-corrected chi connectivity index (χ2v) is 5.70. The van der Waals surface area contributed by atoms with Crippen LogP contribution in [0.25, 0.3) is 0 Å². The van der Waals surface area contributed by atoms with E-state index in [9.17, 15) is 9.90 Å². The van der Waals surface area contributed by atoms with E-state index >= 15 is 0 Å². The molecule has 1 amide bonds. The van der Waals surface area contributed by atoms with Crippen LogP contribution in [0.3, 0.4) is 0 Å². The van der Waals surface area contributed by atoms with Crippen molar-refractivity contribution >= 4 is 17.2 Å². The second kappa shape index (κ2) is 6.20. The molecule has 4 nitrogen and oxygen atoms in total. The lowest BCUT2D eigenvalue weighted by molar-refractivity contribution is 0.0550. The summed E-state index contributed by atoms with van der Waals surface area (Å²) in [5.74, 6) is 5.85. The number of carbonyl (C=O) groups is 1. The molecule has 3 N–H and O–H groups in total. The zero-order valence-corrected chi connectivity index (χ0v) is 11.8. The molecule has 1 aromatic rings. The van der Waals surface area contributed by atoms with Gasteiger partial charge in [0.1, 0.15) is 0 Å². The number of aliphatic hydroxyl groups is 1. The van der Waals surface area contributed by atoms with Crippen molar-refractivity contribution in [3.63, 3.8) is 0 Å². The van der Waals surface area contributed by atoms with Crippen LogP contribution in [0.5, 0.6) is 0 Å². The van der Waals surface area contributed by atoms with Crippen molar-refractivity contribution in [2.75, 3.05) is 19.6 Å². The average molecular weight is 278 g/mol. The van der Waals surface area contributed by atoms with Crippen molar-refractivity contribution in [2.24, 2.45) is 5.73 Å². The first-order valence-corrected chi connectivity index (χ1v) is 7.20. The van der Waals surface area contributed by atoms with Gasteiger partial charge in [0, 0.05) is 13.1 Å². The summed E-state index contributed by atoms with van der Waals surface area (Å²) in [6, 6.07) is 1.89. The average Bonchev–Trinajstić information content (AvgIpc) is 2.78. The van der Waals surface area contributed by atoms with Crippen molar-refractivity contribution in [3.05, 3.63) is 21.4 Å². The van der Waals surface area contributed by atoms with E-state index in [0.717, 1.165) is 15.3 Å². The number of aliphatic hydroxyl groups excluding tert-OH is 1. The van der Waals surface area contributed by atoms with Gasteiger partial charge >= 0.3 is 0 Å². The Morgan fingerprint density at radius 1 is 1.58 bits per heavy atom. The smallest absolute Gasteiger partial charge is 0.263 e. The molecule has 1 aliphatic heterocycles. The number of amides is 1. The number of nitrogens with two attached hydrogens (primary N) is 1. The highest BCUT2D eigenvalue weighted by Crippen LogP contribution is 2.23. The summed E-state index contributed by atoms with van der Waals surface area (Å²) in [5.41, 5.74) is 6.37. The molecule has 0 bridgehead atoms. The fourth-order valence-electron chi connectivity index (χ4n) is 2.07. The molecular formula is C14H18N2O2S. The number of nitrogens with zero attached hydrogens (tertiary/aromatic N) is 1. The molecule has 1 aromatic heterocycles. The van der Waals surface area contributed by atoms with Crippen LogP contribution in [-0.4, -0.2) is 41.7 Å². The number of carbonyl (C=O) groups excluding carboxylic acids is 1. The lowest BCUT2D eigenvalue weighted by Gasteiger charge is -2.29. The van der Waals surface area contributed by atoms with Crippen LogP contribution in [0, 0.1) is 18.8 Å². The van der Waals surface area contributed by atoms with Crippen LogP contribution in [0.2, 0.25) is 0 Å². The molecule has 0 aliphatic carbocycles. The lowest BCUT2D eigenvalue weighted by atomic mass is 10.1. The molecule has 1 aliphatic rings. The Labute approximate surface area is 117 Å². The van der Waals surface area contributed by atoms with Gasteiger partial charge in [-0.25, -0.2) is 0 Å². The van der Waals surface area contributed by atoms with Crippen LogP contribution in [-0.2, 0) is 0 Å². The Balaban J connectivity index is 2.11. The van der Waals surface area contributed by atoms with Gasteiger partial charge in [-0.2, -0.15) is 0 Å². The maximum atomic E-state index is 12.3. The van der Waals surface area contributed by atoms with E-state index in [1.165, 1.54) is 11.3 Å². The van der Waals surface area contributed by atoms with Gasteiger partial charge in [0.05, 0.1) is 22.4 Å². The summed E-state index contributed by atoms with van der Waals surface area (Å²) in [6.07, 6.45) is 1.06. The molecule has 1 fully saturated rings. The summed E-state index contributed by atoms with van der Waals surface area (Å²) >= 11 is 1.42. The maximum absolute atomic E-state index is 12.3. The van der Waals surface area contributed by atoms with E-state index in [-0.39, 0.29) is 12.0 Å². The fourth-order valence-corrected chi connectivity index (χ4v) is 3.08. The number of piperidine rings is 1. The number of thiophene rings is 1. The van der Waals surface area contributed by atoms with Crippen LogP contribution in [0.15, 0.2) is 6.07 Å². The standard InChI is InChI=1S/C14H18N2O2S/c1-10-9-13(19-12(10)3-2-6-15)14(18)16-7-4-11(17)5-8-16/h9,11,17H,4-8,15H2,1H3. The quantitative estimate of drug-likeness (QED) is 0.752. The van der Waals surface area contributed by atoms with Gasteiger partial charge < -0.3 is 15.7 Å². The molecule has 0 atom stereocenters. The molecule has 2 heterocycles. The first kappa shape index (κ1) is 14.1. The van der Waals surface area contributed by atoms with Gasteiger partial charge in [-0.1, -0.05) is 11.8 Å². The maximum Gasteiger partial charge on any atom is 0.263 e. The summed E-state index contributed by atoms with van der Waals surface area (Å²) in [5, 5.41) is 9.46. The minimum Gasteiger partial charge on any atom is -0.393 e. The molecule has 0 radical (unpaired) electrons. The highest BCUT2D eigenvalue weighted by molar-refractivity contribution is 7.14. The van der Waals surface area contributed by atoms with Crippen molar-refractivity contribution in [1.82, 2.24) is 4.90 Å². The van der Waals surface area contributed by atoms with Crippen molar-refractivity contribution in [1.29, 1.82) is 0 Å². The van der Waals surface area contributed by atoms with E-state index in [1.54, 1.807) is 4.90 Å². The first-order valence-electron chi connectivity index (χ1n) is 6.38. The topological polar surface area (TPSA) is 66.6 Å². The van der Waals surface area contributed by atoms with Crippen LogP contribution >= 0.6 is 11.3 Å². The largest absolute Gasteiger partial charge is 0.393 e. The van der Waals surface area contributed by atoms with Gasteiger partial charge in [0.15, 0.2) is 0 Å². The molecular weight excluding hydrogens is 260 g/mol. The lowest BCUT2D eigenvalue weighted by Crippen LogP contribution is -2.39. The number of likely N-dealkylation sites (tertiary alicyclic amines) is 1. The van der Waals surface area contributed by atoms with Crippen LogP contribution in [0.1, 0.15) is 33.0 Å². The summed E-state index contributed by atoms with van der Waals surface area (Å²) in [6.45, 7) is 3.53. The Morgan fingerprint density at radius 2 is 2.26 bits per heavy atom. The minimum absolute atomic E-state index is 0.0424. The molecule has 0 spiro atoms. The van der Waals surface area contributed by atoms with Gasteiger partial charge in [-0.3, -0.25) is 4.79 Å². The molecule has 102 valence electrons. The fraction of sp³-hybridized carbons (Fsp3) is 0.500. The van der Waals surface area contributed by atoms with E-state index in [2.05, 4.69) is 11.8 Å². The Hall–Kier alpha value is -1.35. The second-order valence-electron chi connectivity index (χ2n) is 4.65. The molecule has 0 saturated carbocycles. The van der Waals surface area contributed by atoms with Crippen molar-refractivity contribution < 1.29 is 9.90 Å². The number of hydrogen-bond donors (Lipinski definition) is 2. The van der Waals surface area contributed by atoms with E-state index in [1.807, 2.05) is 13.0 Å². The number of hydrogen-bond acceptors (Lipinski definition) is 4. The molecule has 0 unspecified atom stereocenters. The van der Waals surface area contributed by atoms with Crippen LogP contribution in [0.4, 0.5) is 0 Å². The minimum atomic E-state index is -0.264. The Kier molecular flexibility index (Phi) is 4.59. The predicted octanol–water partition coefficient (Wildman–Crippen LogP) is 0.964. The first-order chi connectivity index (χ1) is 9.11. The Bertz CT molecular complexity index is 519. The van der Waals surface area contributed by atoms with Crippen molar-refractivity contribution in [2.45, 2.75) is 25.9 Å². The van der Waals surface area contributed by atoms with Gasteiger partial charge in [-0.05, 0) is 31.4 Å². The van der Waals surface area contributed by atoms with Gasteiger partial charge in [-0.15, -0.1) is 11.3 Å². The SMILES string of the molecule is Cc1cc(C(=O)N2CCC(O)CC2)sc1C#CCN. The Morgan fingerprint density at radius 3 is 2.89 bits per heavy atom. The van der Waals surface area contributed by atoms with E-state index in [0.29, 0.717) is 32.5 Å². The highest BCUT2D eigenvalue weighted by atomic mass is 32.1. The van der Waals surface area contributed by atoms with Gasteiger partial charge in [0.25, 0.3) is 5.91 Å². The third-order valence-electron chi connectivity index (χ3n) is 3.18. The third kappa shape index (κ3) is 3.35. The molecule has 1 saturated heterocycles. The van der Waals surface area contributed by atoms with E-state index < -0.39 is 0 Å². The normalized spacial score (nSPS) is 16.1. The zero-order chi connectivity index (χ0) is 13.8. The van der Waals surface area contributed by atoms with Crippen LogP contribution < -0.4 is 5.73 Å². The molecule has 2 rings (SSSR count). The van der Waals surface area contributed by atoms with Gasteiger partial charge in [0.2, 0.25) is 0 Å². The summed E-state index contributed by atoms with van der Waals surface area (Å²) in [4.78, 5) is 15.8. The molecule has 5 heteroatoms. The van der Waals surface area contributed by atoms with E-state index in [4.69, 9.17) is 5.73 Å².